The average molecular weight is 287 g/mol. The van der Waals surface area contributed by atoms with E-state index in [2.05, 4.69) is 15.1 Å². The molecule has 110 valence electrons. The van der Waals surface area contributed by atoms with Crippen molar-refractivity contribution in [2.45, 2.75) is 18.9 Å². The van der Waals surface area contributed by atoms with Crippen LogP contribution < -0.4 is 5.32 Å². The van der Waals surface area contributed by atoms with Crippen molar-refractivity contribution in [2.75, 3.05) is 25.1 Å². The van der Waals surface area contributed by atoms with E-state index in [4.69, 9.17) is 4.74 Å². The molecular formula is C16H18FN3O. The van der Waals surface area contributed by atoms with Crippen LogP contribution in [0.25, 0.3) is 11.1 Å². The zero-order chi connectivity index (χ0) is 14.2. The molecule has 1 aromatic heterocycles. The summed E-state index contributed by atoms with van der Waals surface area (Å²) in [6.07, 6.45) is 4.06. The first-order chi connectivity index (χ1) is 10.3. The maximum atomic E-state index is 13.1. The Hall–Kier alpha value is -1.88. The Balaban J connectivity index is 1.71. The number of anilines is 1. The van der Waals surface area contributed by atoms with Gasteiger partial charge in [0, 0.05) is 24.6 Å². The third-order valence-electron chi connectivity index (χ3n) is 4.51. The van der Waals surface area contributed by atoms with Gasteiger partial charge in [-0.2, -0.15) is 5.10 Å². The summed E-state index contributed by atoms with van der Waals surface area (Å²) in [6, 6.07) is 6.99. The van der Waals surface area contributed by atoms with Gasteiger partial charge in [-0.3, -0.25) is 0 Å². The van der Waals surface area contributed by atoms with Gasteiger partial charge in [0.2, 0.25) is 0 Å². The highest BCUT2D eigenvalue weighted by Gasteiger charge is 2.32. The second-order valence-electron chi connectivity index (χ2n) is 5.76. The maximum Gasteiger partial charge on any atom is 0.132 e. The molecule has 2 aliphatic heterocycles. The topological polar surface area (TPSA) is 39.1 Å². The molecule has 0 radical (unpaired) electrons. The minimum absolute atomic E-state index is 0.214. The summed E-state index contributed by atoms with van der Waals surface area (Å²) in [7, 11) is 0. The van der Waals surface area contributed by atoms with Crippen molar-refractivity contribution in [3.05, 3.63) is 36.3 Å². The van der Waals surface area contributed by atoms with Crippen LogP contribution >= 0.6 is 0 Å². The van der Waals surface area contributed by atoms with E-state index in [-0.39, 0.29) is 5.82 Å². The fourth-order valence-corrected chi connectivity index (χ4v) is 3.38. The second-order valence-corrected chi connectivity index (χ2v) is 5.76. The lowest BCUT2D eigenvalue weighted by atomic mass is 9.95. The Bertz CT molecular complexity index is 631. The van der Waals surface area contributed by atoms with Gasteiger partial charge in [0.1, 0.15) is 11.6 Å². The third-order valence-corrected chi connectivity index (χ3v) is 4.51. The number of ether oxygens (including phenoxy) is 1. The molecule has 0 bridgehead atoms. The summed E-state index contributed by atoms with van der Waals surface area (Å²) < 4.78 is 20.7. The normalized spacial score (nSPS) is 24.6. The molecule has 1 N–H and O–H groups in total. The molecule has 1 saturated heterocycles. The van der Waals surface area contributed by atoms with Crippen molar-refractivity contribution in [2.24, 2.45) is 5.92 Å². The molecule has 4 rings (SSSR count). The average Bonchev–Trinajstić information content (AvgIpc) is 3.17. The molecular weight excluding hydrogens is 269 g/mol. The van der Waals surface area contributed by atoms with Crippen LogP contribution in [0.4, 0.5) is 10.2 Å². The minimum Gasteiger partial charge on any atom is -0.381 e. The van der Waals surface area contributed by atoms with E-state index in [1.54, 1.807) is 12.1 Å². The lowest BCUT2D eigenvalue weighted by Crippen LogP contribution is -2.29. The van der Waals surface area contributed by atoms with Gasteiger partial charge in [-0.1, -0.05) is 12.1 Å². The standard InChI is InChI=1S/C16H18FN3O/c17-13-3-1-11(2-4-13)14-9-19-20-15(5-7-18-16(14)20)12-6-8-21-10-12/h1-4,9,12,15,18H,5-8,10H2. The van der Waals surface area contributed by atoms with E-state index in [1.807, 2.05) is 6.20 Å². The van der Waals surface area contributed by atoms with Gasteiger partial charge < -0.3 is 10.1 Å². The Morgan fingerprint density at radius 3 is 2.86 bits per heavy atom. The zero-order valence-corrected chi connectivity index (χ0v) is 11.8. The van der Waals surface area contributed by atoms with Crippen molar-refractivity contribution in [1.82, 2.24) is 9.78 Å². The maximum absolute atomic E-state index is 13.1. The molecule has 0 spiro atoms. The highest BCUT2D eigenvalue weighted by Crippen LogP contribution is 2.38. The van der Waals surface area contributed by atoms with Crippen LogP contribution in [0.15, 0.2) is 30.5 Å². The van der Waals surface area contributed by atoms with Crippen molar-refractivity contribution in [3.63, 3.8) is 0 Å². The fraction of sp³-hybridized carbons (Fsp3) is 0.438. The minimum atomic E-state index is -0.214. The van der Waals surface area contributed by atoms with Crippen LogP contribution in [0.2, 0.25) is 0 Å². The predicted molar refractivity (Wildman–Crippen MR) is 78.7 cm³/mol. The van der Waals surface area contributed by atoms with Crippen molar-refractivity contribution < 1.29 is 9.13 Å². The fourth-order valence-electron chi connectivity index (χ4n) is 3.38. The van der Waals surface area contributed by atoms with Crippen LogP contribution in [-0.4, -0.2) is 29.5 Å². The van der Waals surface area contributed by atoms with Gasteiger partial charge in [-0.25, -0.2) is 9.07 Å². The van der Waals surface area contributed by atoms with Gasteiger partial charge in [0.05, 0.1) is 18.8 Å². The second kappa shape index (κ2) is 5.15. The molecule has 5 heteroatoms. The lowest BCUT2D eigenvalue weighted by molar-refractivity contribution is 0.167. The first-order valence-corrected chi connectivity index (χ1v) is 7.48. The number of aromatic nitrogens is 2. The predicted octanol–water partition coefficient (Wildman–Crippen LogP) is 3.08. The lowest BCUT2D eigenvalue weighted by Gasteiger charge is -2.30. The summed E-state index contributed by atoms with van der Waals surface area (Å²) in [4.78, 5) is 0. The molecule has 3 heterocycles. The summed E-state index contributed by atoms with van der Waals surface area (Å²) in [5.41, 5.74) is 2.03. The molecule has 0 aliphatic carbocycles. The number of benzene rings is 1. The van der Waals surface area contributed by atoms with Gasteiger partial charge in [0.25, 0.3) is 0 Å². The molecule has 2 atom stereocenters. The Morgan fingerprint density at radius 1 is 1.24 bits per heavy atom. The third kappa shape index (κ3) is 2.21. The van der Waals surface area contributed by atoms with E-state index >= 15 is 0 Å². The first-order valence-electron chi connectivity index (χ1n) is 7.48. The summed E-state index contributed by atoms with van der Waals surface area (Å²) in [5.74, 6) is 1.38. The molecule has 2 aliphatic rings. The molecule has 2 unspecified atom stereocenters. The molecule has 1 fully saturated rings. The highest BCUT2D eigenvalue weighted by atomic mass is 19.1. The van der Waals surface area contributed by atoms with Crippen molar-refractivity contribution in [3.8, 4) is 11.1 Å². The van der Waals surface area contributed by atoms with Gasteiger partial charge in [0.15, 0.2) is 0 Å². The van der Waals surface area contributed by atoms with Crippen molar-refractivity contribution >= 4 is 5.82 Å². The Morgan fingerprint density at radius 2 is 2.10 bits per heavy atom. The van der Waals surface area contributed by atoms with Gasteiger partial charge >= 0.3 is 0 Å². The van der Waals surface area contributed by atoms with Crippen LogP contribution in [0.1, 0.15) is 18.9 Å². The largest absolute Gasteiger partial charge is 0.381 e. The van der Waals surface area contributed by atoms with Gasteiger partial charge in [-0.05, 0) is 30.5 Å². The number of fused-ring (bicyclic) bond motifs is 1. The Labute approximate surface area is 122 Å². The highest BCUT2D eigenvalue weighted by molar-refractivity contribution is 5.75. The molecule has 1 aromatic carbocycles. The first kappa shape index (κ1) is 12.8. The molecule has 0 saturated carbocycles. The van der Waals surface area contributed by atoms with Crippen LogP contribution in [0.5, 0.6) is 0 Å². The number of hydrogen-bond donors (Lipinski definition) is 1. The van der Waals surface area contributed by atoms with E-state index in [0.717, 1.165) is 49.5 Å². The van der Waals surface area contributed by atoms with E-state index < -0.39 is 0 Å². The number of hydrogen-bond acceptors (Lipinski definition) is 3. The number of halogens is 1. The molecule has 2 aromatic rings. The SMILES string of the molecule is Fc1ccc(-c2cnn3c2NCCC3C2CCOC2)cc1. The summed E-state index contributed by atoms with van der Waals surface area (Å²) in [5, 5.41) is 8.03. The zero-order valence-electron chi connectivity index (χ0n) is 11.8. The monoisotopic (exact) mass is 287 g/mol. The number of nitrogens with one attached hydrogen (secondary N) is 1. The Kier molecular flexibility index (Phi) is 3.15. The summed E-state index contributed by atoms with van der Waals surface area (Å²) in [6.45, 7) is 2.63. The van der Waals surface area contributed by atoms with Crippen molar-refractivity contribution in [1.29, 1.82) is 0 Å². The van der Waals surface area contributed by atoms with E-state index in [1.165, 1.54) is 12.1 Å². The molecule has 4 nitrogen and oxygen atoms in total. The van der Waals surface area contributed by atoms with E-state index in [9.17, 15) is 4.39 Å². The van der Waals surface area contributed by atoms with Gasteiger partial charge in [-0.15, -0.1) is 0 Å². The molecule has 21 heavy (non-hydrogen) atoms. The summed E-state index contributed by atoms with van der Waals surface area (Å²) >= 11 is 0. The van der Waals surface area contributed by atoms with E-state index in [0.29, 0.717) is 12.0 Å². The van der Waals surface area contributed by atoms with Crippen LogP contribution in [-0.2, 0) is 4.74 Å². The number of rotatable bonds is 2. The van der Waals surface area contributed by atoms with Crippen LogP contribution in [0, 0.1) is 11.7 Å². The number of nitrogens with zero attached hydrogens (tertiary/aromatic N) is 2. The quantitative estimate of drug-likeness (QED) is 0.922. The molecule has 0 amide bonds. The van der Waals surface area contributed by atoms with Crippen LogP contribution in [0.3, 0.4) is 0 Å². The smallest absolute Gasteiger partial charge is 0.132 e.